The van der Waals surface area contributed by atoms with E-state index in [0.717, 1.165) is 25.8 Å². The maximum atomic E-state index is 11.7. The Bertz CT molecular complexity index is 302. The molecule has 0 aromatic carbocycles. The summed E-state index contributed by atoms with van der Waals surface area (Å²) in [6.45, 7) is 4.05. The van der Waals surface area contributed by atoms with Crippen molar-refractivity contribution in [1.82, 2.24) is 14.3 Å². The SMILES string of the molecule is CCCCN(C)S(=O)(=O)NCCCNC1CC1. The van der Waals surface area contributed by atoms with E-state index >= 15 is 0 Å². The standard InChI is InChI=1S/C11H25N3O2S/c1-3-4-10-14(2)17(15,16)13-9-5-8-12-11-6-7-11/h11-13H,3-10H2,1-2H3. The van der Waals surface area contributed by atoms with Gasteiger partial charge < -0.3 is 5.32 Å². The molecule has 0 aromatic rings. The lowest BCUT2D eigenvalue weighted by atomic mass is 10.3. The lowest BCUT2D eigenvalue weighted by molar-refractivity contribution is 0.447. The first-order valence-electron chi connectivity index (χ1n) is 6.50. The van der Waals surface area contributed by atoms with Crippen molar-refractivity contribution in [3.63, 3.8) is 0 Å². The molecule has 1 saturated carbocycles. The predicted octanol–water partition coefficient (Wildman–Crippen LogP) is 0.695. The summed E-state index contributed by atoms with van der Waals surface area (Å²) in [7, 11) is -1.64. The molecule has 0 spiro atoms. The fraction of sp³-hybridized carbons (Fsp3) is 1.00. The second-order valence-electron chi connectivity index (χ2n) is 4.66. The molecule has 6 heteroatoms. The van der Waals surface area contributed by atoms with Gasteiger partial charge in [0.1, 0.15) is 0 Å². The lowest BCUT2D eigenvalue weighted by Gasteiger charge is -2.17. The highest BCUT2D eigenvalue weighted by molar-refractivity contribution is 7.87. The fourth-order valence-corrected chi connectivity index (χ4v) is 2.49. The number of unbranched alkanes of at least 4 members (excludes halogenated alkanes) is 1. The van der Waals surface area contributed by atoms with Gasteiger partial charge in [0.2, 0.25) is 0 Å². The molecule has 0 saturated heterocycles. The molecular formula is C11H25N3O2S. The average Bonchev–Trinajstić information content (AvgIpc) is 3.09. The highest BCUT2D eigenvalue weighted by Gasteiger charge is 2.20. The third-order valence-electron chi connectivity index (χ3n) is 2.89. The molecule has 0 bridgehead atoms. The summed E-state index contributed by atoms with van der Waals surface area (Å²) in [5, 5.41) is 3.36. The monoisotopic (exact) mass is 263 g/mol. The molecule has 102 valence electrons. The van der Waals surface area contributed by atoms with Crippen LogP contribution >= 0.6 is 0 Å². The summed E-state index contributed by atoms with van der Waals surface area (Å²) < 4.78 is 27.5. The predicted molar refractivity (Wildman–Crippen MR) is 70.1 cm³/mol. The Morgan fingerprint density at radius 1 is 1.24 bits per heavy atom. The quantitative estimate of drug-likeness (QED) is 0.570. The number of hydrogen-bond donors (Lipinski definition) is 2. The van der Waals surface area contributed by atoms with Gasteiger partial charge in [-0.3, -0.25) is 0 Å². The largest absolute Gasteiger partial charge is 0.314 e. The topological polar surface area (TPSA) is 61.4 Å². The van der Waals surface area contributed by atoms with Crippen molar-refractivity contribution in [2.24, 2.45) is 0 Å². The maximum absolute atomic E-state index is 11.7. The van der Waals surface area contributed by atoms with E-state index in [4.69, 9.17) is 0 Å². The third-order valence-corrected chi connectivity index (χ3v) is 4.46. The number of rotatable bonds is 10. The van der Waals surface area contributed by atoms with E-state index in [1.165, 1.54) is 17.1 Å². The van der Waals surface area contributed by atoms with E-state index in [-0.39, 0.29) is 0 Å². The normalized spacial score (nSPS) is 16.6. The Hall–Kier alpha value is -0.170. The maximum Gasteiger partial charge on any atom is 0.279 e. The van der Waals surface area contributed by atoms with Crippen LogP contribution in [-0.4, -0.2) is 45.4 Å². The summed E-state index contributed by atoms with van der Waals surface area (Å²) in [6, 6.07) is 0.693. The van der Waals surface area contributed by atoms with Crippen LogP contribution < -0.4 is 10.0 Å². The molecule has 5 nitrogen and oxygen atoms in total. The molecule has 1 rings (SSSR count). The lowest BCUT2D eigenvalue weighted by Crippen LogP contribution is -2.39. The average molecular weight is 263 g/mol. The zero-order chi connectivity index (χ0) is 12.7. The van der Waals surface area contributed by atoms with Crippen molar-refractivity contribution in [3.05, 3.63) is 0 Å². The highest BCUT2D eigenvalue weighted by atomic mass is 32.2. The number of hydrogen-bond acceptors (Lipinski definition) is 3. The van der Waals surface area contributed by atoms with Crippen molar-refractivity contribution in [3.8, 4) is 0 Å². The zero-order valence-corrected chi connectivity index (χ0v) is 11.7. The van der Waals surface area contributed by atoms with Crippen molar-refractivity contribution >= 4 is 10.2 Å². The fourth-order valence-electron chi connectivity index (χ4n) is 1.49. The number of nitrogens with one attached hydrogen (secondary N) is 2. The van der Waals surface area contributed by atoms with E-state index in [1.54, 1.807) is 7.05 Å². The molecule has 0 radical (unpaired) electrons. The molecule has 0 atom stereocenters. The second-order valence-corrected chi connectivity index (χ2v) is 6.52. The summed E-state index contributed by atoms with van der Waals surface area (Å²) in [5.74, 6) is 0. The second kappa shape index (κ2) is 7.31. The van der Waals surface area contributed by atoms with Gasteiger partial charge >= 0.3 is 0 Å². The Kier molecular flexibility index (Phi) is 6.40. The Morgan fingerprint density at radius 3 is 2.53 bits per heavy atom. The molecule has 17 heavy (non-hydrogen) atoms. The molecule has 0 heterocycles. The van der Waals surface area contributed by atoms with Gasteiger partial charge in [0, 0.05) is 26.2 Å². The van der Waals surface area contributed by atoms with Gasteiger partial charge in [0.15, 0.2) is 0 Å². The van der Waals surface area contributed by atoms with Gasteiger partial charge in [-0.2, -0.15) is 12.7 Å². The smallest absolute Gasteiger partial charge is 0.279 e. The molecule has 1 fully saturated rings. The van der Waals surface area contributed by atoms with Crippen molar-refractivity contribution in [2.45, 2.75) is 45.1 Å². The molecule has 1 aliphatic rings. The minimum atomic E-state index is -3.26. The summed E-state index contributed by atoms with van der Waals surface area (Å²) in [6.07, 6.45) is 5.29. The first-order chi connectivity index (χ1) is 8.06. The van der Waals surface area contributed by atoms with E-state index in [9.17, 15) is 8.42 Å². The zero-order valence-electron chi connectivity index (χ0n) is 10.9. The number of nitrogens with zero attached hydrogens (tertiary/aromatic N) is 1. The Labute approximate surface area is 105 Å². The van der Waals surface area contributed by atoms with Gasteiger partial charge in [-0.1, -0.05) is 13.3 Å². The van der Waals surface area contributed by atoms with Crippen molar-refractivity contribution in [1.29, 1.82) is 0 Å². The van der Waals surface area contributed by atoms with Crippen LogP contribution in [0.15, 0.2) is 0 Å². The van der Waals surface area contributed by atoms with E-state index in [2.05, 4.69) is 17.0 Å². The van der Waals surface area contributed by atoms with Gasteiger partial charge in [-0.05, 0) is 32.2 Å². The summed E-state index contributed by atoms with van der Waals surface area (Å²) >= 11 is 0. The first kappa shape index (κ1) is 14.9. The first-order valence-corrected chi connectivity index (χ1v) is 7.94. The van der Waals surface area contributed by atoms with Crippen LogP contribution in [0.3, 0.4) is 0 Å². The Morgan fingerprint density at radius 2 is 1.94 bits per heavy atom. The molecular weight excluding hydrogens is 238 g/mol. The van der Waals surface area contributed by atoms with Gasteiger partial charge in [-0.25, -0.2) is 4.72 Å². The van der Waals surface area contributed by atoms with Crippen molar-refractivity contribution in [2.75, 3.05) is 26.7 Å². The summed E-state index contributed by atoms with van der Waals surface area (Å²) in [4.78, 5) is 0. The molecule has 0 unspecified atom stereocenters. The Balaban J connectivity index is 2.09. The van der Waals surface area contributed by atoms with Gasteiger partial charge in [0.05, 0.1) is 0 Å². The van der Waals surface area contributed by atoms with Crippen LogP contribution in [0.5, 0.6) is 0 Å². The van der Waals surface area contributed by atoms with Crippen LogP contribution in [0.1, 0.15) is 39.0 Å². The molecule has 0 aliphatic heterocycles. The van der Waals surface area contributed by atoms with Crippen LogP contribution in [0.4, 0.5) is 0 Å². The van der Waals surface area contributed by atoms with Gasteiger partial charge in [0.25, 0.3) is 10.2 Å². The molecule has 0 amide bonds. The highest BCUT2D eigenvalue weighted by Crippen LogP contribution is 2.18. The minimum Gasteiger partial charge on any atom is -0.314 e. The molecule has 2 N–H and O–H groups in total. The molecule has 0 aromatic heterocycles. The third kappa shape index (κ3) is 6.35. The van der Waals surface area contributed by atoms with E-state index < -0.39 is 10.2 Å². The van der Waals surface area contributed by atoms with Gasteiger partial charge in [-0.15, -0.1) is 0 Å². The minimum absolute atomic E-state index is 0.512. The molecule has 1 aliphatic carbocycles. The summed E-state index contributed by atoms with van der Waals surface area (Å²) in [5.41, 5.74) is 0. The van der Waals surface area contributed by atoms with Crippen LogP contribution in [0, 0.1) is 0 Å². The van der Waals surface area contributed by atoms with Crippen LogP contribution in [0.25, 0.3) is 0 Å². The van der Waals surface area contributed by atoms with Crippen LogP contribution in [0.2, 0.25) is 0 Å². The van der Waals surface area contributed by atoms with Crippen LogP contribution in [-0.2, 0) is 10.2 Å². The van der Waals surface area contributed by atoms with E-state index in [1.807, 2.05) is 0 Å². The van der Waals surface area contributed by atoms with E-state index in [0.29, 0.717) is 19.1 Å². The van der Waals surface area contributed by atoms with Crippen molar-refractivity contribution < 1.29 is 8.42 Å².